The number of thiophene rings is 1. The zero-order valence-electron chi connectivity index (χ0n) is 6.92. The van der Waals surface area contributed by atoms with Gasteiger partial charge < -0.3 is 10.4 Å². The molecule has 0 bridgehead atoms. The van der Waals surface area contributed by atoms with Crippen molar-refractivity contribution >= 4 is 11.3 Å². The van der Waals surface area contributed by atoms with Crippen LogP contribution in [0.3, 0.4) is 0 Å². The van der Waals surface area contributed by atoms with Crippen LogP contribution in [0.2, 0.25) is 0 Å². The molecule has 66 valence electrons. The van der Waals surface area contributed by atoms with Crippen LogP contribution in [0, 0.1) is 0 Å². The van der Waals surface area contributed by atoms with Gasteiger partial charge in [-0.1, -0.05) is 0 Å². The van der Waals surface area contributed by atoms with E-state index in [0.29, 0.717) is 0 Å². The molecule has 1 aromatic rings. The summed E-state index contributed by atoms with van der Waals surface area (Å²) in [7, 11) is 0. The minimum absolute atomic E-state index is 0.550. The fourth-order valence-electron chi connectivity index (χ4n) is 1.66. The van der Waals surface area contributed by atoms with Crippen molar-refractivity contribution < 1.29 is 5.11 Å². The van der Waals surface area contributed by atoms with Gasteiger partial charge >= 0.3 is 0 Å². The van der Waals surface area contributed by atoms with E-state index in [4.69, 9.17) is 0 Å². The van der Waals surface area contributed by atoms with Crippen molar-refractivity contribution in [2.24, 2.45) is 0 Å². The smallest absolute Gasteiger partial charge is 0.0928 e. The highest BCUT2D eigenvalue weighted by molar-refractivity contribution is 7.08. The number of nitrogens with one attached hydrogen (secondary N) is 1. The maximum Gasteiger partial charge on any atom is 0.0928 e. The van der Waals surface area contributed by atoms with Crippen LogP contribution in [-0.4, -0.2) is 18.2 Å². The predicted molar refractivity (Wildman–Crippen MR) is 50.3 cm³/mol. The van der Waals surface area contributed by atoms with Crippen molar-refractivity contribution in [1.29, 1.82) is 0 Å². The molecule has 0 amide bonds. The van der Waals surface area contributed by atoms with Crippen molar-refractivity contribution in [1.82, 2.24) is 5.32 Å². The zero-order valence-corrected chi connectivity index (χ0v) is 7.73. The molecule has 1 aliphatic rings. The number of hydrogen-bond acceptors (Lipinski definition) is 3. The molecule has 1 aliphatic heterocycles. The molecule has 1 aromatic heterocycles. The SMILES string of the molecule is OC1(c2ccsc2)CCNCC1. The summed E-state index contributed by atoms with van der Waals surface area (Å²) in [4.78, 5) is 0. The third-order valence-electron chi connectivity index (χ3n) is 2.49. The molecule has 3 heteroatoms. The number of hydrogen-bond donors (Lipinski definition) is 2. The average molecular weight is 183 g/mol. The molecule has 12 heavy (non-hydrogen) atoms. The summed E-state index contributed by atoms with van der Waals surface area (Å²) in [6, 6.07) is 2.02. The van der Waals surface area contributed by atoms with E-state index in [9.17, 15) is 5.11 Å². The molecule has 0 unspecified atom stereocenters. The second kappa shape index (κ2) is 3.17. The lowest BCUT2D eigenvalue weighted by molar-refractivity contribution is 0.00634. The Bertz CT molecular complexity index is 239. The Morgan fingerprint density at radius 2 is 2.17 bits per heavy atom. The monoisotopic (exact) mass is 183 g/mol. The Kier molecular flexibility index (Phi) is 2.17. The second-order valence-electron chi connectivity index (χ2n) is 3.29. The van der Waals surface area contributed by atoms with Crippen molar-refractivity contribution in [2.75, 3.05) is 13.1 Å². The van der Waals surface area contributed by atoms with Crippen LogP contribution in [0.25, 0.3) is 0 Å². The molecule has 0 radical (unpaired) electrons. The summed E-state index contributed by atoms with van der Waals surface area (Å²) >= 11 is 1.65. The van der Waals surface area contributed by atoms with Gasteiger partial charge in [0.1, 0.15) is 0 Å². The van der Waals surface area contributed by atoms with Gasteiger partial charge in [-0.25, -0.2) is 0 Å². The van der Waals surface area contributed by atoms with Gasteiger partial charge in [0.05, 0.1) is 5.60 Å². The van der Waals surface area contributed by atoms with Crippen LogP contribution in [-0.2, 0) is 5.60 Å². The molecule has 2 heterocycles. The van der Waals surface area contributed by atoms with Crippen LogP contribution in [0.1, 0.15) is 18.4 Å². The minimum atomic E-state index is -0.550. The molecule has 2 nitrogen and oxygen atoms in total. The molecule has 0 aromatic carbocycles. The van der Waals surface area contributed by atoms with Gasteiger partial charge in [-0.05, 0) is 48.3 Å². The Morgan fingerprint density at radius 3 is 2.75 bits per heavy atom. The quantitative estimate of drug-likeness (QED) is 0.688. The number of rotatable bonds is 1. The first-order valence-electron chi connectivity index (χ1n) is 4.27. The normalized spacial score (nSPS) is 22.4. The molecule has 1 fully saturated rings. The van der Waals surface area contributed by atoms with Crippen molar-refractivity contribution in [3.8, 4) is 0 Å². The molecule has 2 N–H and O–H groups in total. The largest absolute Gasteiger partial charge is 0.385 e. The minimum Gasteiger partial charge on any atom is -0.385 e. The van der Waals surface area contributed by atoms with E-state index in [-0.39, 0.29) is 0 Å². The first-order valence-corrected chi connectivity index (χ1v) is 5.21. The molecular weight excluding hydrogens is 170 g/mol. The molecule has 0 atom stereocenters. The lowest BCUT2D eigenvalue weighted by Gasteiger charge is -2.31. The van der Waals surface area contributed by atoms with Crippen LogP contribution < -0.4 is 5.32 Å². The predicted octanol–water partition coefficient (Wildman–Crippen LogP) is 1.32. The summed E-state index contributed by atoms with van der Waals surface area (Å²) in [5.41, 5.74) is 0.541. The van der Waals surface area contributed by atoms with Gasteiger partial charge in [0.25, 0.3) is 0 Å². The maximum absolute atomic E-state index is 10.2. The summed E-state index contributed by atoms with van der Waals surface area (Å²) < 4.78 is 0. The van der Waals surface area contributed by atoms with E-state index < -0.39 is 5.60 Å². The number of piperidine rings is 1. The summed E-state index contributed by atoms with van der Waals surface area (Å²) in [6.07, 6.45) is 1.67. The summed E-state index contributed by atoms with van der Waals surface area (Å²) in [6.45, 7) is 1.85. The van der Waals surface area contributed by atoms with Crippen LogP contribution >= 0.6 is 11.3 Å². The maximum atomic E-state index is 10.2. The van der Waals surface area contributed by atoms with Crippen molar-refractivity contribution in [3.63, 3.8) is 0 Å². The van der Waals surface area contributed by atoms with Gasteiger partial charge in [-0.2, -0.15) is 11.3 Å². The van der Waals surface area contributed by atoms with E-state index in [1.165, 1.54) is 0 Å². The lowest BCUT2D eigenvalue weighted by atomic mass is 9.87. The molecule has 1 saturated heterocycles. The highest BCUT2D eigenvalue weighted by Crippen LogP contribution is 2.31. The Labute approximate surface area is 76.2 Å². The highest BCUT2D eigenvalue weighted by Gasteiger charge is 2.30. The number of aliphatic hydroxyl groups is 1. The highest BCUT2D eigenvalue weighted by atomic mass is 32.1. The fourth-order valence-corrected chi connectivity index (χ4v) is 2.41. The van der Waals surface area contributed by atoms with Gasteiger partial charge in [0, 0.05) is 0 Å². The van der Waals surface area contributed by atoms with E-state index in [1.54, 1.807) is 11.3 Å². The lowest BCUT2D eigenvalue weighted by Crippen LogP contribution is -2.39. The van der Waals surface area contributed by atoms with Gasteiger partial charge in [0.15, 0.2) is 0 Å². The van der Waals surface area contributed by atoms with Gasteiger partial charge in [-0.3, -0.25) is 0 Å². The van der Waals surface area contributed by atoms with Crippen molar-refractivity contribution in [2.45, 2.75) is 18.4 Å². The first-order chi connectivity index (χ1) is 5.81. The standard InChI is InChI=1S/C9H13NOS/c11-9(2-4-10-5-3-9)8-1-6-12-7-8/h1,6-7,10-11H,2-5H2. The first kappa shape index (κ1) is 8.23. The van der Waals surface area contributed by atoms with Crippen molar-refractivity contribution in [3.05, 3.63) is 22.4 Å². The summed E-state index contributed by atoms with van der Waals surface area (Å²) in [5.74, 6) is 0. The van der Waals surface area contributed by atoms with E-state index in [2.05, 4.69) is 5.32 Å². The van der Waals surface area contributed by atoms with E-state index in [0.717, 1.165) is 31.5 Å². The topological polar surface area (TPSA) is 32.3 Å². The Balaban J connectivity index is 2.19. The summed E-state index contributed by atoms with van der Waals surface area (Å²) in [5, 5.41) is 17.5. The van der Waals surface area contributed by atoms with Crippen LogP contribution in [0.5, 0.6) is 0 Å². The van der Waals surface area contributed by atoms with Gasteiger partial charge in [0.2, 0.25) is 0 Å². The molecule has 0 aliphatic carbocycles. The fraction of sp³-hybridized carbons (Fsp3) is 0.556. The van der Waals surface area contributed by atoms with E-state index in [1.807, 2.05) is 16.8 Å². The zero-order chi connectivity index (χ0) is 8.44. The van der Waals surface area contributed by atoms with Crippen LogP contribution in [0.15, 0.2) is 16.8 Å². The van der Waals surface area contributed by atoms with Gasteiger partial charge in [-0.15, -0.1) is 0 Å². The average Bonchev–Trinajstić information content (AvgIpc) is 2.58. The molecule has 2 rings (SSSR count). The van der Waals surface area contributed by atoms with E-state index >= 15 is 0 Å². The Hall–Kier alpha value is -0.380. The second-order valence-corrected chi connectivity index (χ2v) is 4.07. The molecular formula is C9H13NOS. The molecule has 0 saturated carbocycles. The Morgan fingerprint density at radius 1 is 1.42 bits per heavy atom. The van der Waals surface area contributed by atoms with Crippen LogP contribution in [0.4, 0.5) is 0 Å². The third-order valence-corrected chi connectivity index (χ3v) is 3.17. The molecule has 0 spiro atoms. The third kappa shape index (κ3) is 1.40.